The van der Waals surface area contributed by atoms with Gasteiger partial charge < -0.3 is 14.2 Å². The molecule has 0 aliphatic carbocycles. The molecule has 5 nitrogen and oxygen atoms in total. The van der Waals surface area contributed by atoms with E-state index in [1.54, 1.807) is 45.0 Å². The molecule has 0 N–H and O–H groups in total. The average molecular weight is 357 g/mol. The summed E-state index contributed by atoms with van der Waals surface area (Å²) >= 11 is 0. The largest absolute Gasteiger partial charge is 0.476 e. The van der Waals surface area contributed by atoms with Crippen LogP contribution >= 0.6 is 0 Å². The number of nitrogens with zero attached hydrogens (tertiary/aromatic N) is 1. The van der Waals surface area contributed by atoms with Crippen LogP contribution < -0.4 is 9.47 Å². The molecule has 0 amide bonds. The summed E-state index contributed by atoms with van der Waals surface area (Å²) in [5, 5.41) is 8.88. The minimum atomic E-state index is -1.12. The quantitative estimate of drug-likeness (QED) is 0.711. The van der Waals surface area contributed by atoms with Gasteiger partial charge in [0.2, 0.25) is 0 Å². The molecule has 2 aromatic rings. The van der Waals surface area contributed by atoms with Crippen LogP contribution in [0.1, 0.15) is 31.9 Å². The van der Waals surface area contributed by atoms with Gasteiger partial charge in [-0.1, -0.05) is 0 Å². The number of hydrogen-bond donors (Lipinski definition) is 0. The van der Waals surface area contributed by atoms with Crippen molar-refractivity contribution in [3.63, 3.8) is 0 Å². The maximum absolute atomic E-state index is 13.4. The number of halogens is 1. The number of rotatable bonds is 6. The van der Waals surface area contributed by atoms with Crippen molar-refractivity contribution in [1.82, 2.24) is 0 Å². The van der Waals surface area contributed by atoms with E-state index in [1.165, 1.54) is 18.2 Å². The highest BCUT2D eigenvalue weighted by atomic mass is 19.1. The van der Waals surface area contributed by atoms with Gasteiger partial charge in [-0.25, -0.2) is 9.18 Å². The van der Waals surface area contributed by atoms with Gasteiger partial charge in [-0.2, -0.15) is 5.26 Å². The lowest BCUT2D eigenvalue weighted by Gasteiger charge is -2.25. The molecule has 6 heteroatoms. The number of aryl methyl sites for hydroxylation is 1. The summed E-state index contributed by atoms with van der Waals surface area (Å²) in [4.78, 5) is 11.9. The predicted octanol–water partition coefficient (Wildman–Crippen LogP) is 4.52. The summed E-state index contributed by atoms with van der Waals surface area (Å²) in [5.74, 6) is 0.324. The van der Waals surface area contributed by atoms with E-state index in [0.29, 0.717) is 17.2 Å². The van der Waals surface area contributed by atoms with Crippen LogP contribution in [0.25, 0.3) is 0 Å². The molecule has 0 fully saturated rings. The average Bonchev–Trinajstić information content (AvgIpc) is 2.59. The summed E-state index contributed by atoms with van der Waals surface area (Å²) in [6, 6.07) is 10.8. The monoisotopic (exact) mass is 357 g/mol. The molecule has 2 rings (SSSR count). The molecule has 0 aliphatic heterocycles. The number of carbonyl (C=O) groups excluding carboxylic acids is 1. The maximum atomic E-state index is 13.4. The van der Waals surface area contributed by atoms with Gasteiger partial charge in [0.05, 0.1) is 12.2 Å². The van der Waals surface area contributed by atoms with Crippen molar-refractivity contribution >= 4 is 5.97 Å². The molecule has 0 aliphatic rings. The predicted molar refractivity (Wildman–Crippen MR) is 93.7 cm³/mol. The van der Waals surface area contributed by atoms with Gasteiger partial charge in [-0.15, -0.1) is 0 Å². The Labute approximate surface area is 151 Å². The Balaban J connectivity index is 2.17. The zero-order chi connectivity index (χ0) is 19.3. The zero-order valence-electron chi connectivity index (χ0n) is 15.1. The molecule has 2 aromatic carbocycles. The van der Waals surface area contributed by atoms with E-state index in [0.717, 1.165) is 5.56 Å². The third-order valence-electron chi connectivity index (χ3n) is 3.57. The summed E-state index contributed by atoms with van der Waals surface area (Å²) in [6.45, 7) is 7.10. The Bertz CT molecular complexity index is 855. The molecule has 0 unspecified atom stereocenters. The third-order valence-corrected chi connectivity index (χ3v) is 3.57. The van der Waals surface area contributed by atoms with E-state index in [2.05, 4.69) is 0 Å². The topological polar surface area (TPSA) is 68.6 Å². The molecule has 0 radical (unpaired) electrons. The Morgan fingerprint density at radius 1 is 1.19 bits per heavy atom. The van der Waals surface area contributed by atoms with Gasteiger partial charge >= 0.3 is 5.97 Å². The number of hydrogen-bond acceptors (Lipinski definition) is 5. The van der Waals surface area contributed by atoms with Crippen molar-refractivity contribution in [2.75, 3.05) is 6.61 Å². The summed E-state index contributed by atoms with van der Waals surface area (Å²) < 4.78 is 29.8. The first-order valence-corrected chi connectivity index (χ1v) is 8.11. The first-order chi connectivity index (χ1) is 12.3. The van der Waals surface area contributed by atoms with E-state index < -0.39 is 17.4 Å². The molecule has 0 saturated heterocycles. The van der Waals surface area contributed by atoms with Gasteiger partial charge in [0.1, 0.15) is 29.1 Å². The Kier molecular flexibility index (Phi) is 5.83. The normalized spacial score (nSPS) is 10.8. The lowest BCUT2D eigenvalue weighted by atomic mass is 10.1. The Morgan fingerprint density at radius 2 is 1.85 bits per heavy atom. The molecular formula is C20H20FNO4. The van der Waals surface area contributed by atoms with Crippen molar-refractivity contribution in [3.05, 3.63) is 53.3 Å². The second kappa shape index (κ2) is 7.87. The SMILES string of the molecule is CCOC(=O)C(C)(C)Oc1ccc(Oc2ccc(F)c(C#N)c2)cc1C. The van der Waals surface area contributed by atoms with E-state index in [4.69, 9.17) is 19.5 Å². The standard InChI is InChI=1S/C20H20FNO4/c1-5-24-19(23)20(3,4)26-18-9-7-15(10-13(18)2)25-16-6-8-17(21)14(11-16)12-22/h6-11H,5H2,1-4H3. The highest BCUT2D eigenvalue weighted by Crippen LogP contribution is 2.30. The fraction of sp³-hybridized carbons (Fsp3) is 0.300. The van der Waals surface area contributed by atoms with E-state index >= 15 is 0 Å². The Morgan fingerprint density at radius 3 is 2.46 bits per heavy atom. The van der Waals surface area contributed by atoms with Crippen molar-refractivity contribution in [1.29, 1.82) is 5.26 Å². The third kappa shape index (κ3) is 4.51. The van der Waals surface area contributed by atoms with Crippen molar-refractivity contribution < 1.29 is 23.4 Å². The highest BCUT2D eigenvalue weighted by molar-refractivity contribution is 5.79. The van der Waals surface area contributed by atoms with Gasteiger partial charge in [0.25, 0.3) is 0 Å². The maximum Gasteiger partial charge on any atom is 0.349 e. The van der Waals surface area contributed by atoms with Crippen molar-refractivity contribution in [2.24, 2.45) is 0 Å². The molecule has 0 saturated carbocycles. The van der Waals surface area contributed by atoms with Crippen LogP contribution in [0, 0.1) is 24.1 Å². The van der Waals surface area contributed by atoms with Crippen molar-refractivity contribution in [2.45, 2.75) is 33.3 Å². The first kappa shape index (κ1) is 19.3. The number of carbonyl (C=O) groups is 1. The van der Waals surface area contributed by atoms with Gasteiger partial charge in [0, 0.05) is 6.07 Å². The van der Waals surface area contributed by atoms with E-state index in [1.807, 2.05) is 6.92 Å². The Hall–Kier alpha value is -3.07. The van der Waals surface area contributed by atoms with Crippen molar-refractivity contribution in [3.8, 4) is 23.3 Å². The smallest absolute Gasteiger partial charge is 0.349 e. The fourth-order valence-electron chi connectivity index (χ4n) is 2.21. The van der Waals surface area contributed by atoms with Gasteiger partial charge in [0.15, 0.2) is 5.60 Å². The van der Waals surface area contributed by atoms with Crippen LogP contribution in [-0.4, -0.2) is 18.2 Å². The number of ether oxygens (including phenoxy) is 3. The van der Waals surface area contributed by atoms with Gasteiger partial charge in [-0.3, -0.25) is 0 Å². The van der Waals surface area contributed by atoms with E-state index in [9.17, 15) is 9.18 Å². The molecule has 0 aromatic heterocycles. The second-order valence-electron chi connectivity index (χ2n) is 6.12. The van der Waals surface area contributed by atoms with Gasteiger partial charge in [-0.05, 0) is 63.6 Å². The zero-order valence-corrected chi connectivity index (χ0v) is 15.1. The van der Waals surface area contributed by atoms with Crippen LogP contribution in [0.5, 0.6) is 17.2 Å². The molecule has 26 heavy (non-hydrogen) atoms. The van der Waals surface area contributed by atoms with Crippen LogP contribution in [0.2, 0.25) is 0 Å². The second-order valence-corrected chi connectivity index (χ2v) is 6.12. The van der Waals surface area contributed by atoms with Crippen LogP contribution in [0.3, 0.4) is 0 Å². The fourth-order valence-corrected chi connectivity index (χ4v) is 2.21. The summed E-state index contributed by atoms with van der Waals surface area (Å²) in [7, 11) is 0. The van der Waals surface area contributed by atoms with E-state index in [-0.39, 0.29) is 12.2 Å². The van der Waals surface area contributed by atoms with Crippen LogP contribution in [0.15, 0.2) is 36.4 Å². The molecule has 136 valence electrons. The summed E-state index contributed by atoms with van der Waals surface area (Å²) in [5.41, 5.74) is -0.459. The number of nitriles is 1. The molecule has 0 atom stereocenters. The lowest BCUT2D eigenvalue weighted by molar-refractivity contribution is -0.158. The van der Waals surface area contributed by atoms with Crippen LogP contribution in [-0.2, 0) is 9.53 Å². The number of esters is 1. The molecule has 0 spiro atoms. The highest BCUT2D eigenvalue weighted by Gasteiger charge is 2.32. The molecule has 0 heterocycles. The van der Waals surface area contributed by atoms with Crippen LogP contribution in [0.4, 0.5) is 4.39 Å². The summed E-state index contributed by atoms with van der Waals surface area (Å²) in [6.07, 6.45) is 0. The lowest BCUT2D eigenvalue weighted by Crippen LogP contribution is -2.39. The minimum absolute atomic E-state index is 0.0876. The number of benzene rings is 2. The molecule has 0 bridgehead atoms. The minimum Gasteiger partial charge on any atom is -0.476 e. The molecular weight excluding hydrogens is 337 g/mol. The first-order valence-electron chi connectivity index (χ1n) is 8.11.